The van der Waals surface area contributed by atoms with Gasteiger partial charge in [0.05, 0.1) is 18.5 Å². The van der Waals surface area contributed by atoms with Crippen molar-refractivity contribution in [3.63, 3.8) is 0 Å². The number of nitrogens with zero attached hydrogens (tertiary/aromatic N) is 4. The molecule has 7 rings (SSSR count). The monoisotopic (exact) mass is 855 g/mol. The van der Waals surface area contributed by atoms with E-state index in [0.717, 1.165) is 67.1 Å². The van der Waals surface area contributed by atoms with Crippen LogP contribution in [0.5, 0.6) is 17.2 Å². The van der Waals surface area contributed by atoms with Crippen molar-refractivity contribution in [3.8, 4) is 39.9 Å². The van der Waals surface area contributed by atoms with Crippen molar-refractivity contribution in [1.82, 2.24) is 19.3 Å². The molecule has 0 fully saturated rings. The van der Waals surface area contributed by atoms with Crippen molar-refractivity contribution in [2.24, 2.45) is 0 Å². The van der Waals surface area contributed by atoms with Crippen LogP contribution >= 0.6 is 0 Å². The van der Waals surface area contributed by atoms with Gasteiger partial charge in [-0.1, -0.05) is 51.4 Å². The van der Waals surface area contributed by atoms with Gasteiger partial charge in [0.1, 0.15) is 11.6 Å². The average molecular weight is 856 g/mol. The molecule has 3 aromatic heterocycles. The molecule has 262 valence electrons. The molecular weight excluding hydrogens is 812 g/mol. The molecule has 4 aromatic carbocycles. The standard InChI is InChI=1S/C44H44N4O2.Pt/c1-25(2)42-41(40-28(6)30(8)44(49-10)31(9)29(40)7)43(26(3)4)48(46-42)32-14-13-15-33(23-32)50-34-18-19-36-35-16-11-12-17-37(35)47(38(36)24-34)39-22-27(5)20-21-45-39;/h11-22,25-26H,1-10H3;/q-2;+2. The van der Waals surface area contributed by atoms with Gasteiger partial charge in [0, 0.05) is 28.8 Å². The maximum atomic E-state index is 6.52. The molecule has 7 heteroatoms. The first-order chi connectivity index (χ1) is 24.0. The molecule has 0 aliphatic carbocycles. The van der Waals surface area contributed by atoms with Crippen LogP contribution in [0.25, 0.3) is 44.4 Å². The summed E-state index contributed by atoms with van der Waals surface area (Å²) in [6.07, 6.45) is 1.85. The van der Waals surface area contributed by atoms with Crippen molar-refractivity contribution in [2.75, 3.05) is 7.11 Å². The van der Waals surface area contributed by atoms with Gasteiger partial charge in [-0.3, -0.25) is 4.68 Å². The summed E-state index contributed by atoms with van der Waals surface area (Å²) in [5, 5.41) is 7.55. The summed E-state index contributed by atoms with van der Waals surface area (Å²) in [5.41, 5.74) is 13.4. The molecule has 51 heavy (non-hydrogen) atoms. The molecular formula is C44H44N4O2Pt. The van der Waals surface area contributed by atoms with E-state index in [2.05, 4.69) is 126 Å². The molecule has 0 aliphatic rings. The SMILES string of the molecule is COc1c(C)c(C)c(-c2c(C(C)C)nn(-c3[c-]c(Oc4[c-]c5c(cc4)c4ccccc4n5-c4cc(C)ccn4)ccc3)c2C(C)C)c(C)c1C.[Pt+2]. The second-order valence-electron chi connectivity index (χ2n) is 13.9. The minimum absolute atomic E-state index is 0. The number of methoxy groups -OCH3 is 1. The number of aromatic nitrogens is 4. The van der Waals surface area contributed by atoms with Gasteiger partial charge in [-0.2, -0.15) is 17.2 Å². The number of pyridine rings is 1. The molecule has 3 heterocycles. The molecule has 0 unspecified atom stereocenters. The van der Waals surface area contributed by atoms with Gasteiger partial charge in [-0.05, 0) is 109 Å². The summed E-state index contributed by atoms with van der Waals surface area (Å²) >= 11 is 0. The van der Waals surface area contributed by atoms with Crippen LogP contribution in [-0.4, -0.2) is 26.4 Å². The number of benzene rings is 4. The topological polar surface area (TPSA) is 54.1 Å². The Morgan fingerprint density at radius 1 is 0.706 bits per heavy atom. The Morgan fingerprint density at radius 3 is 2.08 bits per heavy atom. The van der Waals surface area contributed by atoms with Crippen LogP contribution in [0.4, 0.5) is 0 Å². The van der Waals surface area contributed by atoms with E-state index in [1.54, 1.807) is 7.11 Å². The van der Waals surface area contributed by atoms with Crippen molar-refractivity contribution in [3.05, 3.63) is 124 Å². The van der Waals surface area contributed by atoms with E-state index in [1.807, 2.05) is 30.5 Å². The van der Waals surface area contributed by atoms with Gasteiger partial charge in [0.15, 0.2) is 0 Å². The first-order valence-corrected chi connectivity index (χ1v) is 17.4. The van der Waals surface area contributed by atoms with Crippen LogP contribution in [0.2, 0.25) is 0 Å². The fraction of sp³-hybridized carbons (Fsp3) is 0.273. The molecule has 7 aromatic rings. The van der Waals surface area contributed by atoms with Gasteiger partial charge < -0.3 is 14.0 Å². The zero-order chi connectivity index (χ0) is 35.4. The van der Waals surface area contributed by atoms with E-state index in [1.165, 1.54) is 22.3 Å². The summed E-state index contributed by atoms with van der Waals surface area (Å²) in [7, 11) is 1.76. The van der Waals surface area contributed by atoms with Crippen molar-refractivity contribution in [1.29, 1.82) is 0 Å². The number of ether oxygens (including phenoxy) is 2. The minimum Gasteiger partial charge on any atom is -0.509 e. The van der Waals surface area contributed by atoms with E-state index in [4.69, 9.17) is 19.6 Å². The second kappa shape index (κ2) is 14.2. The van der Waals surface area contributed by atoms with Gasteiger partial charge in [-0.25, -0.2) is 4.98 Å². The van der Waals surface area contributed by atoms with E-state index in [0.29, 0.717) is 11.5 Å². The third-order valence-corrected chi connectivity index (χ3v) is 9.94. The smallest absolute Gasteiger partial charge is 0.509 e. The van der Waals surface area contributed by atoms with Gasteiger partial charge in [-0.15, -0.1) is 35.7 Å². The largest absolute Gasteiger partial charge is 2.00 e. The summed E-state index contributed by atoms with van der Waals surface area (Å²) in [6.45, 7) is 19.7. The molecule has 0 radical (unpaired) electrons. The average Bonchev–Trinajstić information content (AvgIpc) is 3.65. The Bertz CT molecular complexity index is 2390. The van der Waals surface area contributed by atoms with Crippen LogP contribution < -0.4 is 9.47 Å². The molecule has 6 nitrogen and oxygen atoms in total. The first kappa shape index (κ1) is 36.1. The Kier molecular flexibility index (Phi) is 10.0. The van der Waals surface area contributed by atoms with Crippen LogP contribution in [0, 0.1) is 46.8 Å². The maximum Gasteiger partial charge on any atom is 2.00 e. The van der Waals surface area contributed by atoms with Gasteiger partial charge >= 0.3 is 21.1 Å². The predicted octanol–water partition coefficient (Wildman–Crippen LogP) is 11.2. The Balaban J connectivity index is 0.00000448. The predicted molar refractivity (Wildman–Crippen MR) is 204 cm³/mol. The summed E-state index contributed by atoms with van der Waals surface area (Å²) in [6, 6.07) is 29.7. The summed E-state index contributed by atoms with van der Waals surface area (Å²) in [5.74, 6) is 3.40. The summed E-state index contributed by atoms with van der Waals surface area (Å²) < 4.78 is 16.6. The van der Waals surface area contributed by atoms with E-state index >= 15 is 0 Å². The Morgan fingerprint density at radius 2 is 1.41 bits per heavy atom. The normalized spacial score (nSPS) is 11.5. The van der Waals surface area contributed by atoms with E-state index in [9.17, 15) is 0 Å². The second-order valence-corrected chi connectivity index (χ2v) is 13.9. The molecule has 0 bridgehead atoms. The number of aryl methyl sites for hydroxylation is 1. The molecule has 0 saturated heterocycles. The molecule has 0 saturated carbocycles. The molecule has 0 spiro atoms. The van der Waals surface area contributed by atoms with Crippen LogP contribution in [-0.2, 0) is 21.1 Å². The maximum absolute atomic E-state index is 6.52. The van der Waals surface area contributed by atoms with Crippen molar-refractivity contribution < 1.29 is 30.5 Å². The van der Waals surface area contributed by atoms with E-state index in [-0.39, 0.29) is 32.9 Å². The van der Waals surface area contributed by atoms with E-state index < -0.39 is 0 Å². The Hall–Kier alpha value is -4.67. The fourth-order valence-corrected chi connectivity index (χ4v) is 7.34. The number of fused-ring (bicyclic) bond motifs is 3. The van der Waals surface area contributed by atoms with Crippen LogP contribution in [0.15, 0.2) is 72.9 Å². The minimum atomic E-state index is 0. The van der Waals surface area contributed by atoms with Gasteiger partial charge in [0.25, 0.3) is 0 Å². The third-order valence-electron chi connectivity index (χ3n) is 9.94. The number of rotatable bonds is 8. The van der Waals surface area contributed by atoms with Gasteiger partial charge in [0.2, 0.25) is 0 Å². The molecule has 0 aliphatic heterocycles. The fourth-order valence-electron chi connectivity index (χ4n) is 7.34. The third kappa shape index (κ3) is 6.18. The molecule has 0 atom stereocenters. The zero-order valence-electron chi connectivity index (χ0n) is 31.0. The van der Waals surface area contributed by atoms with Crippen LogP contribution in [0.3, 0.4) is 0 Å². The van der Waals surface area contributed by atoms with Crippen LogP contribution in [0.1, 0.15) is 78.7 Å². The zero-order valence-corrected chi connectivity index (χ0v) is 33.3. The Labute approximate surface area is 315 Å². The molecule has 0 N–H and O–H groups in total. The summed E-state index contributed by atoms with van der Waals surface area (Å²) in [4.78, 5) is 4.72. The first-order valence-electron chi connectivity index (χ1n) is 17.4. The molecule has 0 amide bonds. The van der Waals surface area contributed by atoms with Crippen molar-refractivity contribution in [2.45, 2.75) is 74.1 Å². The number of hydrogen-bond acceptors (Lipinski definition) is 4. The quantitative estimate of drug-likeness (QED) is 0.143. The number of hydrogen-bond donors (Lipinski definition) is 0. The van der Waals surface area contributed by atoms with Crippen molar-refractivity contribution >= 4 is 21.8 Å². The number of para-hydroxylation sites is 1.